The summed E-state index contributed by atoms with van der Waals surface area (Å²) in [6, 6.07) is 25.5. The first-order valence-electron chi connectivity index (χ1n) is 11.1. The van der Waals surface area contributed by atoms with Crippen LogP contribution >= 0.6 is 0 Å². The Hall–Kier alpha value is -3.88. The van der Waals surface area contributed by atoms with Crippen molar-refractivity contribution in [2.75, 3.05) is 31.6 Å². The van der Waals surface area contributed by atoms with Crippen LogP contribution in [-0.4, -0.2) is 54.3 Å². The molecule has 0 spiro atoms. The molecule has 0 aliphatic heterocycles. The third-order valence-corrected chi connectivity index (χ3v) is 5.05. The summed E-state index contributed by atoms with van der Waals surface area (Å²) in [6.07, 6.45) is -0.817. The van der Waals surface area contributed by atoms with Crippen LogP contribution in [0, 0.1) is 0 Å². The smallest absolute Gasteiger partial charge is 0.319 e. The fourth-order valence-corrected chi connectivity index (χ4v) is 3.43. The van der Waals surface area contributed by atoms with Gasteiger partial charge in [0.15, 0.2) is 0 Å². The van der Waals surface area contributed by atoms with Crippen molar-refractivity contribution in [2.24, 2.45) is 5.73 Å². The number of carbonyl (C=O) groups excluding carboxylic acids is 2. The van der Waals surface area contributed by atoms with Gasteiger partial charge in [-0.2, -0.15) is 0 Å². The predicted octanol–water partition coefficient (Wildman–Crippen LogP) is 2.85. The Kier molecular flexibility index (Phi) is 9.45. The first kappa shape index (κ1) is 24.8. The second-order valence-electron chi connectivity index (χ2n) is 7.79. The highest BCUT2D eigenvalue weighted by atomic mass is 16.5. The lowest BCUT2D eigenvalue weighted by atomic mass is 10.2. The van der Waals surface area contributed by atoms with E-state index in [-0.39, 0.29) is 18.2 Å². The Labute approximate surface area is 199 Å². The van der Waals surface area contributed by atoms with Crippen LogP contribution in [0.1, 0.15) is 15.9 Å². The van der Waals surface area contributed by atoms with E-state index >= 15 is 0 Å². The molecule has 8 nitrogen and oxygen atoms in total. The molecule has 0 aromatic heterocycles. The van der Waals surface area contributed by atoms with Crippen LogP contribution in [0.2, 0.25) is 0 Å². The minimum atomic E-state index is -0.817. The third kappa shape index (κ3) is 8.23. The van der Waals surface area contributed by atoms with Crippen molar-refractivity contribution >= 4 is 17.6 Å². The number of anilines is 1. The normalized spacial score (nSPS) is 11.6. The van der Waals surface area contributed by atoms with Gasteiger partial charge >= 0.3 is 6.03 Å². The number of hydrogen-bond donors (Lipinski definition) is 4. The second kappa shape index (κ2) is 13.0. The molecule has 34 heavy (non-hydrogen) atoms. The monoisotopic (exact) mass is 462 g/mol. The minimum absolute atomic E-state index is 0.00248. The van der Waals surface area contributed by atoms with Crippen molar-refractivity contribution < 1.29 is 19.4 Å². The van der Waals surface area contributed by atoms with Gasteiger partial charge in [-0.1, -0.05) is 60.7 Å². The van der Waals surface area contributed by atoms with Crippen molar-refractivity contribution in [1.82, 2.24) is 10.2 Å². The van der Waals surface area contributed by atoms with Crippen molar-refractivity contribution in [2.45, 2.75) is 12.6 Å². The molecule has 3 aromatic rings. The SMILES string of the molecule is NC(=O)c1ccccc1OCC(O)CN(CCNC(=O)Nc1ccccc1)Cc1ccccc1. The molecule has 0 saturated carbocycles. The average Bonchev–Trinajstić information content (AvgIpc) is 2.84. The van der Waals surface area contributed by atoms with E-state index in [1.807, 2.05) is 65.6 Å². The molecule has 3 aromatic carbocycles. The van der Waals surface area contributed by atoms with E-state index in [1.165, 1.54) is 0 Å². The van der Waals surface area contributed by atoms with Gasteiger partial charge in [-0.25, -0.2) is 4.79 Å². The number of nitrogens with two attached hydrogens (primary N) is 1. The number of aliphatic hydroxyl groups is 1. The molecule has 0 radical (unpaired) electrons. The Morgan fingerprint density at radius 3 is 2.29 bits per heavy atom. The van der Waals surface area contributed by atoms with Gasteiger partial charge < -0.3 is 26.2 Å². The molecule has 0 saturated heterocycles. The zero-order valence-corrected chi connectivity index (χ0v) is 18.9. The van der Waals surface area contributed by atoms with E-state index in [0.717, 1.165) is 5.56 Å². The van der Waals surface area contributed by atoms with Gasteiger partial charge in [0.1, 0.15) is 18.5 Å². The molecule has 3 amide bonds. The van der Waals surface area contributed by atoms with E-state index in [1.54, 1.807) is 24.3 Å². The maximum atomic E-state index is 12.2. The van der Waals surface area contributed by atoms with E-state index < -0.39 is 12.0 Å². The molecule has 0 heterocycles. The van der Waals surface area contributed by atoms with Crippen LogP contribution in [0.3, 0.4) is 0 Å². The first-order chi connectivity index (χ1) is 16.5. The first-order valence-corrected chi connectivity index (χ1v) is 11.1. The van der Waals surface area contributed by atoms with Crippen molar-refractivity contribution in [3.8, 4) is 5.75 Å². The molecule has 0 fully saturated rings. The van der Waals surface area contributed by atoms with Crippen LogP contribution in [0.15, 0.2) is 84.9 Å². The average molecular weight is 463 g/mol. The second-order valence-corrected chi connectivity index (χ2v) is 7.79. The summed E-state index contributed by atoms with van der Waals surface area (Å²) in [4.78, 5) is 25.8. The molecule has 1 atom stereocenters. The molecular formula is C26H30N4O4. The highest BCUT2D eigenvalue weighted by Crippen LogP contribution is 2.17. The summed E-state index contributed by atoms with van der Waals surface area (Å²) < 4.78 is 5.66. The number of para-hydroxylation sites is 2. The summed E-state index contributed by atoms with van der Waals surface area (Å²) >= 11 is 0. The maximum absolute atomic E-state index is 12.2. The predicted molar refractivity (Wildman–Crippen MR) is 132 cm³/mol. The highest BCUT2D eigenvalue weighted by Gasteiger charge is 2.15. The van der Waals surface area contributed by atoms with Gasteiger partial charge in [-0.3, -0.25) is 9.69 Å². The van der Waals surface area contributed by atoms with Crippen molar-refractivity contribution in [3.05, 3.63) is 96.1 Å². The van der Waals surface area contributed by atoms with Gasteiger partial charge in [0.2, 0.25) is 0 Å². The molecular weight excluding hydrogens is 432 g/mol. The highest BCUT2D eigenvalue weighted by molar-refractivity contribution is 5.95. The topological polar surface area (TPSA) is 117 Å². The Bertz CT molecular complexity index is 1050. The van der Waals surface area contributed by atoms with Gasteiger partial charge in [-0.05, 0) is 29.8 Å². The lowest BCUT2D eigenvalue weighted by Gasteiger charge is -2.25. The number of nitrogens with zero attached hydrogens (tertiary/aromatic N) is 1. The molecule has 0 bridgehead atoms. The number of amides is 3. The number of nitrogens with one attached hydrogen (secondary N) is 2. The van der Waals surface area contributed by atoms with E-state index in [4.69, 9.17) is 10.5 Å². The zero-order chi connectivity index (χ0) is 24.2. The van der Waals surface area contributed by atoms with Crippen LogP contribution in [-0.2, 0) is 6.54 Å². The largest absolute Gasteiger partial charge is 0.490 e. The summed E-state index contributed by atoms with van der Waals surface area (Å²) in [5.41, 5.74) is 7.45. The third-order valence-electron chi connectivity index (χ3n) is 5.05. The number of ether oxygens (including phenoxy) is 1. The Balaban J connectivity index is 1.53. The quantitative estimate of drug-likeness (QED) is 0.330. The van der Waals surface area contributed by atoms with Crippen LogP contribution < -0.4 is 21.1 Å². The molecule has 8 heteroatoms. The van der Waals surface area contributed by atoms with E-state index in [2.05, 4.69) is 10.6 Å². The molecule has 0 aliphatic carbocycles. The summed E-state index contributed by atoms with van der Waals surface area (Å²) in [6.45, 7) is 1.82. The summed E-state index contributed by atoms with van der Waals surface area (Å²) in [5, 5.41) is 16.2. The standard InChI is InChI=1S/C26H30N4O4/c27-25(32)23-13-7-8-14-24(23)34-19-22(31)18-30(17-20-9-3-1-4-10-20)16-15-28-26(33)29-21-11-5-2-6-12-21/h1-14,22,31H,15-19H2,(H2,27,32)(H2,28,29,33). The molecule has 178 valence electrons. The fourth-order valence-electron chi connectivity index (χ4n) is 3.43. The summed E-state index contributed by atoms with van der Waals surface area (Å²) in [7, 11) is 0. The minimum Gasteiger partial charge on any atom is -0.490 e. The molecule has 0 aliphatic rings. The van der Waals surface area contributed by atoms with E-state index in [9.17, 15) is 14.7 Å². The number of primary amides is 1. The van der Waals surface area contributed by atoms with E-state index in [0.29, 0.717) is 37.6 Å². The van der Waals surface area contributed by atoms with Gasteiger partial charge in [0.25, 0.3) is 5.91 Å². The van der Waals surface area contributed by atoms with Gasteiger partial charge in [0, 0.05) is 31.9 Å². The lowest BCUT2D eigenvalue weighted by molar-refractivity contribution is 0.0654. The fraction of sp³-hybridized carbons (Fsp3) is 0.231. The number of benzene rings is 3. The number of aliphatic hydroxyl groups excluding tert-OH is 1. The van der Waals surface area contributed by atoms with Gasteiger partial charge in [0.05, 0.1) is 5.56 Å². The Morgan fingerprint density at radius 1 is 0.941 bits per heavy atom. The Morgan fingerprint density at radius 2 is 1.59 bits per heavy atom. The molecule has 3 rings (SSSR count). The molecule has 1 unspecified atom stereocenters. The number of urea groups is 1. The number of hydrogen-bond acceptors (Lipinski definition) is 5. The van der Waals surface area contributed by atoms with Gasteiger partial charge in [-0.15, -0.1) is 0 Å². The maximum Gasteiger partial charge on any atom is 0.319 e. The van der Waals surface area contributed by atoms with Crippen LogP contribution in [0.5, 0.6) is 5.75 Å². The zero-order valence-electron chi connectivity index (χ0n) is 18.9. The summed E-state index contributed by atoms with van der Waals surface area (Å²) in [5.74, 6) is -0.251. The molecule has 5 N–H and O–H groups in total. The van der Waals surface area contributed by atoms with Crippen LogP contribution in [0.4, 0.5) is 10.5 Å². The van der Waals surface area contributed by atoms with Crippen molar-refractivity contribution in [1.29, 1.82) is 0 Å². The van der Waals surface area contributed by atoms with Crippen molar-refractivity contribution in [3.63, 3.8) is 0 Å². The van der Waals surface area contributed by atoms with Crippen LogP contribution in [0.25, 0.3) is 0 Å². The number of carbonyl (C=O) groups is 2. The number of rotatable bonds is 12. The lowest BCUT2D eigenvalue weighted by Crippen LogP contribution is -2.41.